The Labute approximate surface area is 180 Å². The van der Waals surface area contributed by atoms with Crippen molar-refractivity contribution in [1.82, 2.24) is 5.01 Å². The molecule has 1 aliphatic rings. The Bertz CT molecular complexity index is 1020. The van der Waals surface area contributed by atoms with Crippen LogP contribution in [0.5, 0.6) is 0 Å². The summed E-state index contributed by atoms with van der Waals surface area (Å²) >= 11 is 7.78. The van der Waals surface area contributed by atoms with E-state index in [1.807, 2.05) is 54.6 Å². The van der Waals surface area contributed by atoms with Crippen molar-refractivity contribution in [2.45, 2.75) is 23.8 Å². The van der Waals surface area contributed by atoms with Gasteiger partial charge in [0.25, 0.3) is 0 Å². The van der Waals surface area contributed by atoms with Crippen LogP contribution in [0, 0.1) is 0 Å². The fourth-order valence-corrected chi connectivity index (χ4v) is 4.04. The molecule has 1 unspecified atom stereocenters. The lowest BCUT2D eigenvalue weighted by Crippen LogP contribution is -2.36. The number of hydrogen-bond acceptors (Lipinski definition) is 3. The number of hydrazone groups is 1. The van der Waals surface area contributed by atoms with Gasteiger partial charge >= 0.3 is 0 Å². The lowest BCUT2D eigenvalue weighted by Gasteiger charge is -2.30. The van der Waals surface area contributed by atoms with Gasteiger partial charge in [0.15, 0.2) is 0 Å². The first-order chi connectivity index (χ1) is 14.1. The summed E-state index contributed by atoms with van der Waals surface area (Å²) in [5.41, 5.74) is 4.06. The Balaban J connectivity index is 1.73. The van der Waals surface area contributed by atoms with Crippen LogP contribution in [0.4, 0.5) is 0 Å². The molecule has 146 valence electrons. The largest absolute Gasteiger partial charge is 0.273 e. The number of thioether (sulfide) groups is 1. The van der Waals surface area contributed by atoms with Crippen molar-refractivity contribution in [1.29, 1.82) is 0 Å². The van der Waals surface area contributed by atoms with Crippen molar-refractivity contribution in [3.63, 3.8) is 0 Å². The van der Waals surface area contributed by atoms with E-state index in [9.17, 15) is 4.79 Å². The Morgan fingerprint density at radius 1 is 1.00 bits per heavy atom. The summed E-state index contributed by atoms with van der Waals surface area (Å²) in [6.45, 7) is 0.472. The summed E-state index contributed by atoms with van der Waals surface area (Å²) in [7, 11) is 0. The molecule has 0 radical (unpaired) electrons. The SMILES string of the molecule is CSc1ccc(C2=NN(Cc3ccccc3)C(=O)CC2c2ccc(Cl)cc2)cc1. The first kappa shape index (κ1) is 19.7. The lowest BCUT2D eigenvalue weighted by atomic mass is 9.86. The van der Waals surface area contributed by atoms with E-state index in [1.54, 1.807) is 16.8 Å². The van der Waals surface area contributed by atoms with E-state index in [4.69, 9.17) is 16.7 Å². The van der Waals surface area contributed by atoms with Gasteiger partial charge in [-0.3, -0.25) is 4.79 Å². The molecule has 0 fully saturated rings. The molecule has 0 aromatic heterocycles. The predicted octanol–water partition coefficient (Wildman–Crippen LogP) is 5.98. The number of nitrogens with zero attached hydrogens (tertiary/aromatic N) is 2. The van der Waals surface area contributed by atoms with E-state index >= 15 is 0 Å². The van der Waals surface area contributed by atoms with E-state index in [0.29, 0.717) is 18.0 Å². The Hall–Kier alpha value is -2.56. The van der Waals surface area contributed by atoms with Crippen molar-refractivity contribution < 1.29 is 4.79 Å². The number of hydrogen-bond donors (Lipinski definition) is 0. The monoisotopic (exact) mass is 420 g/mol. The topological polar surface area (TPSA) is 32.7 Å². The Morgan fingerprint density at radius 2 is 1.69 bits per heavy atom. The Morgan fingerprint density at radius 3 is 2.34 bits per heavy atom. The van der Waals surface area contributed by atoms with Crippen LogP contribution >= 0.6 is 23.4 Å². The smallest absolute Gasteiger partial charge is 0.243 e. The number of benzene rings is 3. The third-order valence-electron chi connectivity index (χ3n) is 5.06. The molecule has 0 bridgehead atoms. The fourth-order valence-electron chi connectivity index (χ4n) is 3.50. The molecule has 0 saturated heterocycles. The zero-order chi connectivity index (χ0) is 20.2. The maximum atomic E-state index is 12.9. The summed E-state index contributed by atoms with van der Waals surface area (Å²) in [6.07, 6.45) is 2.45. The molecule has 3 aromatic rings. The summed E-state index contributed by atoms with van der Waals surface area (Å²) in [6, 6.07) is 26.0. The second kappa shape index (κ2) is 8.85. The minimum atomic E-state index is -0.0908. The molecule has 0 aliphatic carbocycles. The van der Waals surface area contributed by atoms with Gasteiger partial charge in [0.2, 0.25) is 5.91 Å². The van der Waals surface area contributed by atoms with Crippen molar-refractivity contribution in [2.24, 2.45) is 5.10 Å². The number of halogens is 1. The van der Waals surface area contributed by atoms with Crippen LogP contribution in [0.3, 0.4) is 0 Å². The highest BCUT2D eigenvalue weighted by atomic mass is 35.5. The molecule has 4 rings (SSSR count). The van der Waals surface area contributed by atoms with Gasteiger partial charge in [0.1, 0.15) is 0 Å². The van der Waals surface area contributed by atoms with Crippen LogP contribution < -0.4 is 0 Å². The van der Waals surface area contributed by atoms with E-state index < -0.39 is 0 Å². The van der Waals surface area contributed by atoms with Crippen LogP contribution in [-0.4, -0.2) is 22.9 Å². The molecule has 3 aromatic carbocycles. The molecule has 3 nitrogen and oxygen atoms in total. The quantitative estimate of drug-likeness (QED) is 0.475. The van der Waals surface area contributed by atoms with Gasteiger partial charge in [-0.2, -0.15) is 5.10 Å². The van der Waals surface area contributed by atoms with Gasteiger partial charge in [0.05, 0.1) is 12.3 Å². The zero-order valence-electron chi connectivity index (χ0n) is 16.1. The molecule has 0 saturated carbocycles. The standard InChI is InChI=1S/C24H21ClN2OS/c1-29-21-13-9-19(10-14-21)24-22(18-7-11-20(25)12-8-18)15-23(28)27(26-24)16-17-5-3-2-4-6-17/h2-14,22H,15-16H2,1H3. The molecule has 1 aliphatic heterocycles. The number of rotatable bonds is 5. The summed E-state index contributed by atoms with van der Waals surface area (Å²) in [5.74, 6) is -0.0646. The summed E-state index contributed by atoms with van der Waals surface area (Å²) in [5, 5.41) is 7.11. The normalized spacial score (nSPS) is 16.6. The fraction of sp³-hybridized carbons (Fsp3) is 0.167. The highest BCUT2D eigenvalue weighted by Crippen LogP contribution is 2.32. The van der Waals surface area contributed by atoms with E-state index in [1.165, 1.54) is 4.90 Å². The van der Waals surface area contributed by atoms with Crippen LogP contribution in [0.15, 0.2) is 88.9 Å². The molecule has 1 amide bonds. The molecule has 1 heterocycles. The molecular weight excluding hydrogens is 400 g/mol. The van der Waals surface area contributed by atoms with Gasteiger partial charge in [0, 0.05) is 22.3 Å². The predicted molar refractivity (Wildman–Crippen MR) is 121 cm³/mol. The highest BCUT2D eigenvalue weighted by Gasteiger charge is 2.31. The number of carbonyl (C=O) groups excluding carboxylic acids is 1. The third kappa shape index (κ3) is 4.55. The van der Waals surface area contributed by atoms with Crippen molar-refractivity contribution >= 4 is 35.0 Å². The Kier molecular flexibility index (Phi) is 6.02. The van der Waals surface area contributed by atoms with Crippen molar-refractivity contribution in [3.8, 4) is 0 Å². The highest BCUT2D eigenvalue weighted by molar-refractivity contribution is 7.98. The van der Waals surface area contributed by atoms with Crippen LogP contribution in [0.25, 0.3) is 0 Å². The zero-order valence-corrected chi connectivity index (χ0v) is 17.7. The minimum Gasteiger partial charge on any atom is -0.273 e. The average Bonchev–Trinajstić information content (AvgIpc) is 2.76. The van der Waals surface area contributed by atoms with Gasteiger partial charge in [-0.25, -0.2) is 5.01 Å². The minimum absolute atomic E-state index is 0.0262. The third-order valence-corrected chi connectivity index (χ3v) is 6.05. The van der Waals surface area contributed by atoms with Crippen LogP contribution in [0.2, 0.25) is 5.02 Å². The molecule has 5 heteroatoms. The van der Waals surface area contributed by atoms with Gasteiger partial charge in [-0.15, -0.1) is 11.8 Å². The first-order valence-electron chi connectivity index (χ1n) is 9.47. The molecule has 0 N–H and O–H groups in total. The van der Waals surface area contributed by atoms with Crippen molar-refractivity contribution in [3.05, 3.63) is 101 Å². The van der Waals surface area contributed by atoms with Gasteiger partial charge < -0.3 is 0 Å². The summed E-state index contributed by atoms with van der Waals surface area (Å²) < 4.78 is 0. The molecule has 0 spiro atoms. The van der Waals surface area contributed by atoms with Gasteiger partial charge in [-0.05, 0) is 47.2 Å². The van der Waals surface area contributed by atoms with E-state index in [2.05, 4.69) is 30.5 Å². The number of carbonyl (C=O) groups is 1. The van der Waals surface area contributed by atoms with E-state index in [-0.39, 0.29) is 11.8 Å². The van der Waals surface area contributed by atoms with Crippen LogP contribution in [-0.2, 0) is 11.3 Å². The molecular formula is C24H21ClN2OS. The average molecular weight is 421 g/mol. The lowest BCUT2D eigenvalue weighted by molar-refractivity contribution is -0.132. The maximum Gasteiger partial charge on any atom is 0.243 e. The van der Waals surface area contributed by atoms with Gasteiger partial charge in [-0.1, -0.05) is 66.2 Å². The maximum absolute atomic E-state index is 12.9. The van der Waals surface area contributed by atoms with Crippen LogP contribution in [0.1, 0.15) is 29.0 Å². The van der Waals surface area contributed by atoms with E-state index in [0.717, 1.165) is 22.4 Å². The van der Waals surface area contributed by atoms with Crippen molar-refractivity contribution in [2.75, 3.05) is 6.26 Å². The summed E-state index contributed by atoms with van der Waals surface area (Å²) in [4.78, 5) is 14.1. The molecule has 1 atom stereocenters. The molecule has 29 heavy (non-hydrogen) atoms. The second-order valence-corrected chi connectivity index (χ2v) is 8.28. The second-order valence-electron chi connectivity index (χ2n) is 6.96. The number of amides is 1. The first-order valence-corrected chi connectivity index (χ1v) is 11.1.